The van der Waals surface area contributed by atoms with Crippen molar-refractivity contribution in [2.75, 3.05) is 10.6 Å². The summed E-state index contributed by atoms with van der Waals surface area (Å²) in [5.74, 6) is -0.215. The van der Waals surface area contributed by atoms with Crippen molar-refractivity contribution in [1.29, 1.82) is 0 Å². The highest BCUT2D eigenvalue weighted by atomic mass is 32.1. The molecule has 0 bridgehead atoms. The third-order valence-corrected chi connectivity index (χ3v) is 5.91. The highest BCUT2D eigenvalue weighted by Crippen LogP contribution is 2.33. The standard InChI is InChI=1S/C21H16F2N4O4S2/c1-11-13(6-7-30-11)18(29)27-20-24-12(9-32-20)8-17(28)26-21-25-15(10-33-21)14-4-2-3-5-16(14)31-19(22)23/h2-7,9-10,19H,8H2,1H3,(H,24,27,29)(H,25,26,28). The van der Waals surface area contributed by atoms with Gasteiger partial charge in [0.15, 0.2) is 10.3 Å². The first kappa shape index (κ1) is 22.6. The van der Waals surface area contributed by atoms with Crippen LogP contribution in [-0.4, -0.2) is 28.4 Å². The number of amides is 2. The van der Waals surface area contributed by atoms with Gasteiger partial charge in [-0.15, -0.1) is 22.7 Å². The number of aromatic nitrogens is 2. The summed E-state index contributed by atoms with van der Waals surface area (Å²) in [6, 6.07) is 7.85. The number of rotatable bonds is 8. The van der Waals surface area contributed by atoms with Crippen molar-refractivity contribution in [3.63, 3.8) is 0 Å². The van der Waals surface area contributed by atoms with Gasteiger partial charge in [0.05, 0.1) is 29.6 Å². The van der Waals surface area contributed by atoms with Crippen LogP contribution in [0.1, 0.15) is 21.8 Å². The maximum Gasteiger partial charge on any atom is 0.387 e. The van der Waals surface area contributed by atoms with Crippen molar-refractivity contribution in [2.45, 2.75) is 20.0 Å². The van der Waals surface area contributed by atoms with Gasteiger partial charge >= 0.3 is 6.61 Å². The quantitative estimate of drug-likeness (QED) is 0.352. The van der Waals surface area contributed by atoms with Gasteiger partial charge in [-0.1, -0.05) is 12.1 Å². The van der Waals surface area contributed by atoms with Crippen molar-refractivity contribution < 1.29 is 27.5 Å². The average molecular weight is 491 g/mol. The monoisotopic (exact) mass is 490 g/mol. The van der Waals surface area contributed by atoms with E-state index in [2.05, 4.69) is 25.3 Å². The Kier molecular flexibility index (Phi) is 6.75. The van der Waals surface area contributed by atoms with Crippen LogP contribution in [0.25, 0.3) is 11.3 Å². The lowest BCUT2D eigenvalue weighted by molar-refractivity contribution is -0.115. The molecule has 0 atom stereocenters. The third kappa shape index (κ3) is 5.59. The second kappa shape index (κ2) is 9.88. The minimum Gasteiger partial charge on any atom is -0.469 e. The number of carbonyl (C=O) groups excluding carboxylic acids is 2. The molecule has 33 heavy (non-hydrogen) atoms. The van der Waals surface area contributed by atoms with Crippen LogP contribution >= 0.6 is 22.7 Å². The predicted octanol–water partition coefficient (Wildman–Crippen LogP) is 5.20. The molecule has 0 fully saturated rings. The molecule has 0 aliphatic heterocycles. The average Bonchev–Trinajstić information content (AvgIpc) is 3.50. The number of alkyl halides is 2. The van der Waals surface area contributed by atoms with E-state index in [4.69, 9.17) is 4.42 Å². The molecule has 2 N–H and O–H groups in total. The number of ether oxygens (including phenoxy) is 1. The van der Waals surface area contributed by atoms with Crippen LogP contribution in [0.3, 0.4) is 0 Å². The fourth-order valence-corrected chi connectivity index (χ4v) is 4.32. The van der Waals surface area contributed by atoms with Gasteiger partial charge in [0.2, 0.25) is 5.91 Å². The zero-order chi connectivity index (χ0) is 23.4. The smallest absolute Gasteiger partial charge is 0.387 e. The van der Waals surface area contributed by atoms with Crippen LogP contribution in [0.5, 0.6) is 5.75 Å². The Bertz CT molecular complexity index is 1280. The Morgan fingerprint density at radius 1 is 1.09 bits per heavy atom. The number of para-hydroxylation sites is 1. The number of nitrogens with one attached hydrogen (secondary N) is 2. The van der Waals surface area contributed by atoms with E-state index in [-0.39, 0.29) is 24.0 Å². The van der Waals surface area contributed by atoms with E-state index in [0.717, 1.165) is 11.3 Å². The number of hydrogen-bond donors (Lipinski definition) is 2. The van der Waals surface area contributed by atoms with Crippen molar-refractivity contribution in [1.82, 2.24) is 9.97 Å². The lowest BCUT2D eigenvalue weighted by Gasteiger charge is -2.08. The molecule has 0 saturated carbocycles. The topological polar surface area (TPSA) is 106 Å². The summed E-state index contributed by atoms with van der Waals surface area (Å²) < 4.78 is 34.9. The maximum atomic E-state index is 12.6. The summed E-state index contributed by atoms with van der Waals surface area (Å²) >= 11 is 2.35. The summed E-state index contributed by atoms with van der Waals surface area (Å²) in [4.78, 5) is 33.2. The van der Waals surface area contributed by atoms with Crippen molar-refractivity contribution in [2.24, 2.45) is 0 Å². The van der Waals surface area contributed by atoms with Crippen LogP contribution in [0, 0.1) is 6.92 Å². The number of thiazole rings is 2. The second-order valence-electron chi connectivity index (χ2n) is 6.63. The number of halogens is 2. The number of aryl methyl sites for hydroxylation is 1. The lowest BCUT2D eigenvalue weighted by Crippen LogP contribution is -2.15. The highest BCUT2D eigenvalue weighted by Gasteiger charge is 2.16. The van der Waals surface area contributed by atoms with Crippen LogP contribution in [-0.2, 0) is 11.2 Å². The molecule has 4 rings (SSSR count). The molecular weight excluding hydrogens is 474 g/mol. The Morgan fingerprint density at radius 2 is 1.85 bits per heavy atom. The minimum atomic E-state index is -2.96. The SMILES string of the molecule is Cc1occc1C(=O)Nc1nc(CC(=O)Nc2nc(-c3ccccc3OC(F)F)cs2)cs1. The number of anilines is 2. The van der Waals surface area contributed by atoms with E-state index in [1.807, 2.05) is 0 Å². The minimum absolute atomic E-state index is 0.00154. The van der Waals surface area contributed by atoms with Gasteiger partial charge in [-0.05, 0) is 25.1 Å². The molecule has 0 saturated heterocycles. The molecule has 8 nitrogen and oxygen atoms in total. The van der Waals surface area contributed by atoms with E-state index in [1.54, 1.807) is 41.9 Å². The molecule has 4 aromatic rings. The van der Waals surface area contributed by atoms with Crippen molar-refractivity contribution in [3.8, 4) is 17.0 Å². The second-order valence-corrected chi connectivity index (χ2v) is 8.34. The fraction of sp³-hybridized carbons (Fsp3) is 0.143. The van der Waals surface area contributed by atoms with Crippen molar-refractivity contribution in [3.05, 3.63) is 64.4 Å². The molecule has 170 valence electrons. The summed E-state index contributed by atoms with van der Waals surface area (Å²) in [5.41, 5.74) is 1.68. The molecule has 3 heterocycles. The van der Waals surface area contributed by atoms with E-state index in [9.17, 15) is 18.4 Å². The summed E-state index contributed by atoms with van der Waals surface area (Å²) in [6.07, 6.45) is 1.40. The van der Waals surface area contributed by atoms with Gasteiger partial charge in [0.25, 0.3) is 5.91 Å². The maximum absolute atomic E-state index is 12.6. The van der Waals surface area contributed by atoms with Gasteiger partial charge in [-0.25, -0.2) is 9.97 Å². The van der Waals surface area contributed by atoms with Crippen LogP contribution in [0.2, 0.25) is 0 Å². The molecule has 1 aromatic carbocycles. The number of carbonyl (C=O) groups is 2. The highest BCUT2D eigenvalue weighted by molar-refractivity contribution is 7.14. The number of furan rings is 1. The molecule has 0 aliphatic rings. The summed E-state index contributed by atoms with van der Waals surface area (Å²) in [5, 5.41) is 9.30. The van der Waals surface area contributed by atoms with E-state index < -0.39 is 6.61 Å². The third-order valence-electron chi connectivity index (χ3n) is 4.35. The Labute approximate surface area is 194 Å². The molecule has 3 aromatic heterocycles. The number of nitrogens with zero attached hydrogens (tertiary/aromatic N) is 2. The van der Waals surface area contributed by atoms with Crippen LogP contribution < -0.4 is 15.4 Å². The zero-order valence-electron chi connectivity index (χ0n) is 17.0. The Morgan fingerprint density at radius 3 is 2.61 bits per heavy atom. The van der Waals surface area contributed by atoms with E-state index >= 15 is 0 Å². The van der Waals surface area contributed by atoms with E-state index in [1.165, 1.54) is 23.7 Å². The Balaban J connectivity index is 1.36. The normalized spacial score (nSPS) is 10.9. The summed E-state index contributed by atoms with van der Waals surface area (Å²) in [6.45, 7) is -1.28. The van der Waals surface area contributed by atoms with Crippen LogP contribution in [0.15, 0.2) is 51.8 Å². The van der Waals surface area contributed by atoms with Gasteiger partial charge < -0.3 is 14.5 Å². The van der Waals surface area contributed by atoms with Crippen LogP contribution in [0.4, 0.5) is 19.0 Å². The van der Waals surface area contributed by atoms with Gasteiger partial charge in [0.1, 0.15) is 11.5 Å². The fourth-order valence-electron chi connectivity index (χ4n) is 2.89. The molecule has 0 spiro atoms. The first-order chi connectivity index (χ1) is 15.9. The largest absolute Gasteiger partial charge is 0.469 e. The number of benzene rings is 1. The molecule has 2 amide bonds. The molecule has 12 heteroatoms. The Hall–Kier alpha value is -3.64. The predicted molar refractivity (Wildman–Crippen MR) is 120 cm³/mol. The number of hydrogen-bond acceptors (Lipinski definition) is 8. The van der Waals surface area contributed by atoms with Gasteiger partial charge in [-0.2, -0.15) is 8.78 Å². The molecule has 0 radical (unpaired) electrons. The molecule has 0 unspecified atom stereocenters. The van der Waals surface area contributed by atoms with E-state index in [0.29, 0.717) is 38.5 Å². The van der Waals surface area contributed by atoms with Gasteiger partial charge in [0, 0.05) is 16.3 Å². The molecule has 0 aliphatic carbocycles. The van der Waals surface area contributed by atoms with Gasteiger partial charge in [-0.3, -0.25) is 14.9 Å². The lowest BCUT2D eigenvalue weighted by atomic mass is 10.1. The first-order valence-corrected chi connectivity index (χ1v) is 11.2. The first-order valence-electron chi connectivity index (χ1n) is 9.48. The zero-order valence-corrected chi connectivity index (χ0v) is 18.6. The molecular formula is C21H16F2N4O4S2. The van der Waals surface area contributed by atoms with Crippen molar-refractivity contribution >= 4 is 44.8 Å². The summed E-state index contributed by atoms with van der Waals surface area (Å²) in [7, 11) is 0.